The SMILES string of the molecule is COC(=O)[C@](C)(NC(=O)Cc1ccccc1C)c1cccc2ccccc12. The van der Waals surface area contributed by atoms with Crippen LogP contribution in [0.15, 0.2) is 66.7 Å². The molecule has 0 radical (unpaired) electrons. The van der Waals surface area contributed by atoms with Crippen LogP contribution in [-0.2, 0) is 26.3 Å². The molecule has 4 nitrogen and oxygen atoms in total. The monoisotopic (exact) mass is 361 g/mol. The van der Waals surface area contributed by atoms with Crippen LogP contribution in [-0.4, -0.2) is 19.0 Å². The summed E-state index contributed by atoms with van der Waals surface area (Å²) in [5.74, 6) is -0.734. The average molecular weight is 361 g/mol. The minimum absolute atomic E-state index is 0.198. The number of amides is 1. The van der Waals surface area contributed by atoms with Gasteiger partial charge in [0.2, 0.25) is 5.91 Å². The van der Waals surface area contributed by atoms with Crippen LogP contribution in [0, 0.1) is 6.92 Å². The quantitative estimate of drug-likeness (QED) is 0.702. The summed E-state index contributed by atoms with van der Waals surface area (Å²) in [6.45, 7) is 3.66. The molecule has 0 aliphatic heterocycles. The zero-order valence-electron chi connectivity index (χ0n) is 15.8. The van der Waals surface area contributed by atoms with Gasteiger partial charge in [0.25, 0.3) is 0 Å². The third kappa shape index (κ3) is 3.70. The second kappa shape index (κ2) is 7.62. The van der Waals surface area contributed by atoms with Crippen molar-refractivity contribution < 1.29 is 14.3 Å². The highest BCUT2D eigenvalue weighted by atomic mass is 16.5. The third-order valence-electron chi connectivity index (χ3n) is 4.92. The van der Waals surface area contributed by atoms with Crippen LogP contribution in [0.1, 0.15) is 23.6 Å². The van der Waals surface area contributed by atoms with Crippen molar-refractivity contribution in [3.05, 3.63) is 83.4 Å². The van der Waals surface area contributed by atoms with Gasteiger partial charge in [-0.3, -0.25) is 4.79 Å². The molecule has 27 heavy (non-hydrogen) atoms. The highest BCUT2D eigenvalue weighted by Crippen LogP contribution is 2.30. The van der Waals surface area contributed by atoms with E-state index in [0.29, 0.717) is 5.56 Å². The first-order valence-corrected chi connectivity index (χ1v) is 8.88. The Morgan fingerprint density at radius 3 is 2.37 bits per heavy atom. The molecule has 0 spiro atoms. The lowest BCUT2D eigenvalue weighted by molar-refractivity contribution is -0.150. The van der Waals surface area contributed by atoms with Crippen LogP contribution in [0.4, 0.5) is 0 Å². The summed E-state index contributed by atoms with van der Waals surface area (Å²) in [4.78, 5) is 25.5. The molecule has 0 saturated heterocycles. The number of hydrogen-bond acceptors (Lipinski definition) is 3. The van der Waals surface area contributed by atoms with Gasteiger partial charge >= 0.3 is 5.97 Å². The van der Waals surface area contributed by atoms with Crippen LogP contribution in [0.2, 0.25) is 0 Å². The van der Waals surface area contributed by atoms with Gasteiger partial charge in [-0.2, -0.15) is 0 Å². The zero-order valence-corrected chi connectivity index (χ0v) is 15.8. The molecule has 0 unspecified atom stereocenters. The Hall–Kier alpha value is -3.14. The predicted octanol–water partition coefficient (Wildman–Crippen LogP) is 3.90. The molecule has 4 heteroatoms. The molecule has 0 saturated carbocycles. The molecule has 0 aromatic heterocycles. The van der Waals surface area contributed by atoms with Crippen molar-refractivity contribution in [1.29, 1.82) is 0 Å². The lowest BCUT2D eigenvalue weighted by Crippen LogP contribution is -2.50. The molecule has 0 heterocycles. The largest absolute Gasteiger partial charge is 0.467 e. The molecular formula is C23H23NO3. The summed E-state index contributed by atoms with van der Waals surface area (Å²) < 4.78 is 5.04. The lowest BCUT2D eigenvalue weighted by atomic mass is 9.87. The van der Waals surface area contributed by atoms with Gasteiger partial charge in [-0.25, -0.2) is 4.79 Å². The first-order valence-electron chi connectivity index (χ1n) is 8.88. The Kier molecular flexibility index (Phi) is 5.26. The Balaban J connectivity index is 1.99. The summed E-state index contributed by atoms with van der Waals surface area (Å²) in [6, 6.07) is 21.2. The molecule has 3 rings (SSSR count). The molecule has 0 fully saturated rings. The standard InChI is InChI=1S/C23H23NO3/c1-16-9-4-5-11-18(16)15-21(25)24-23(2,22(26)27-3)20-14-8-12-17-10-6-7-13-19(17)20/h4-14H,15H2,1-3H3,(H,24,25)/t23-/m1/s1. The zero-order chi connectivity index (χ0) is 19.4. The summed E-state index contributed by atoms with van der Waals surface area (Å²) >= 11 is 0. The number of carbonyl (C=O) groups is 2. The second-order valence-corrected chi connectivity index (χ2v) is 6.79. The molecule has 0 aliphatic carbocycles. The fraction of sp³-hybridized carbons (Fsp3) is 0.217. The van der Waals surface area contributed by atoms with Crippen molar-refractivity contribution in [2.24, 2.45) is 0 Å². The van der Waals surface area contributed by atoms with E-state index in [9.17, 15) is 9.59 Å². The van der Waals surface area contributed by atoms with E-state index in [1.54, 1.807) is 6.92 Å². The van der Waals surface area contributed by atoms with E-state index in [0.717, 1.165) is 21.9 Å². The number of fused-ring (bicyclic) bond motifs is 1. The topological polar surface area (TPSA) is 55.4 Å². The second-order valence-electron chi connectivity index (χ2n) is 6.79. The fourth-order valence-corrected chi connectivity index (χ4v) is 3.40. The van der Waals surface area contributed by atoms with E-state index in [2.05, 4.69) is 5.32 Å². The highest BCUT2D eigenvalue weighted by molar-refractivity contribution is 5.96. The predicted molar refractivity (Wildman–Crippen MR) is 106 cm³/mol. The number of methoxy groups -OCH3 is 1. The first-order chi connectivity index (χ1) is 13.0. The molecule has 1 atom stereocenters. The molecular weight excluding hydrogens is 338 g/mol. The molecule has 3 aromatic carbocycles. The Labute approximate surface area is 159 Å². The van der Waals surface area contributed by atoms with Crippen LogP contribution in [0.3, 0.4) is 0 Å². The maximum Gasteiger partial charge on any atom is 0.336 e. The first kappa shape index (κ1) is 18.6. The third-order valence-corrected chi connectivity index (χ3v) is 4.92. The van der Waals surface area contributed by atoms with Gasteiger partial charge in [0.05, 0.1) is 13.5 Å². The van der Waals surface area contributed by atoms with Gasteiger partial charge in [0, 0.05) is 0 Å². The number of aryl methyl sites for hydroxylation is 1. The van der Waals surface area contributed by atoms with Crippen molar-refractivity contribution in [2.75, 3.05) is 7.11 Å². The van der Waals surface area contributed by atoms with Crippen LogP contribution in [0.25, 0.3) is 10.8 Å². The van der Waals surface area contributed by atoms with Gasteiger partial charge in [-0.1, -0.05) is 66.7 Å². The summed E-state index contributed by atoms with van der Waals surface area (Å²) in [6.07, 6.45) is 0.198. The Morgan fingerprint density at radius 2 is 1.63 bits per heavy atom. The van der Waals surface area contributed by atoms with E-state index in [4.69, 9.17) is 4.74 Å². The summed E-state index contributed by atoms with van der Waals surface area (Å²) in [5.41, 5.74) is 1.40. The van der Waals surface area contributed by atoms with E-state index in [-0.39, 0.29) is 12.3 Å². The van der Waals surface area contributed by atoms with E-state index >= 15 is 0 Å². The van der Waals surface area contributed by atoms with Crippen molar-refractivity contribution in [3.63, 3.8) is 0 Å². The van der Waals surface area contributed by atoms with Gasteiger partial charge in [-0.15, -0.1) is 0 Å². The minimum Gasteiger partial charge on any atom is -0.467 e. The van der Waals surface area contributed by atoms with E-state index in [1.807, 2.05) is 73.7 Å². The van der Waals surface area contributed by atoms with Gasteiger partial charge in [0.1, 0.15) is 0 Å². The van der Waals surface area contributed by atoms with Crippen LogP contribution in [0.5, 0.6) is 0 Å². The van der Waals surface area contributed by atoms with Crippen LogP contribution >= 0.6 is 0 Å². The van der Waals surface area contributed by atoms with Crippen molar-refractivity contribution in [1.82, 2.24) is 5.32 Å². The number of ether oxygens (including phenoxy) is 1. The summed E-state index contributed by atoms with van der Waals surface area (Å²) in [5, 5.41) is 4.82. The van der Waals surface area contributed by atoms with Crippen molar-refractivity contribution in [2.45, 2.75) is 25.8 Å². The Morgan fingerprint density at radius 1 is 0.963 bits per heavy atom. The van der Waals surface area contributed by atoms with E-state index < -0.39 is 11.5 Å². The van der Waals surface area contributed by atoms with Gasteiger partial charge in [0.15, 0.2) is 5.54 Å². The van der Waals surface area contributed by atoms with Crippen molar-refractivity contribution in [3.8, 4) is 0 Å². The molecule has 0 bridgehead atoms. The molecule has 3 aromatic rings. The smallest absolute Gasteiger partial charge is 0.336 e. The lowest BCUT2D eigenvalue weighted by Gasteiger charge is -2.30. The highest BCUT2D eigenvalue weighted by Gasteiger charge is 2.39. The maximum absolute atomic E-state index is 12.8. The number of rotatable bonds is 5. The number of benzene rings is 3. The number of nitrogens with one attached hydrogen (secondary N) is 1. The molecule has 0 aliphatic rings. The molecule has 1 amide bonds. The average Bonchev–Trinajstić information content (AvgIpc) is 2.68. The molecule has 138 valence electrons. The van der Waals surface area contributed by atoms with Crippen LogP contribution < -0.4 is 5.32 Å². The normalized spacial score (nSPS) is 13.0. The number of hydrogen-bond donors (Lipinski definition) is 1. The van der Waals surface area contributed by atoms with Gasteiger partial charge in [-0.05, 0) is 41.3 Å². The number of carbonyl (C=O) groups excluding carboxylic acids is 2. The van der Waals surface area contributed by atoms with E-state index in [1.165, 1.54) is 7.11 Å². The molecule has 1 N–H and O–H groups in total. The number of esters is 1. The van der Waals surface area contributed by atoms with Gasteiger partial charge < -0.3 is 10.1 Å². The summed E-state index contributed by atoms with van der Waals surface area (Å²) in [7, 11) is 1.33. The maximum atomic E-state index is 12.8. The van der Waals surface area contributed by atoms with Crippen molar-refractivity contribution >= 4 is 22.6 Å². The fourth-order valence-electron chi connectivity index (χ4n) is 3.40. The minimum atomic E-state index is -1.28. The Bertz CT molecular complexity index is 990.